The average molecular weight is 795 g/mol. The Labute approximate surface area is 327 Å². The summed E-state index contributed by atoms with van der Waals surface area (Å²) >= 11 is 0. The summed E-state index contributed by atoms with van der Waals surface area (Å²) in [7, 11) is 0. The van der Waals surface area contributed by atoms with E-state index in [1.54, 1.807) is 13.0 Å². The monoisotopic (exact) mass is 794 g/mol. The van der Waals surface area contributed by atoms with Crippen molar-refractivity contribution >= 4 is 17.5 Å². The highest BCUT2D eigenvalue weighted by molar-refractivity contribution is 5.90. The van der Waals surface area contributed by atoms with Crippen LogP contribution in [0.4, 0.5) is 0 Å². The number of aliphatic hydroxyl groups is 7. The third-order valence-corrected chi connectivity index (χ3v) is 16.3. The van der Waals surface area contributed by atoms with Crippen molar-refractivity contribution < 1.29 is 73.8 Å². The number of allylic oxidation sites excluding steroid dienone is 1. The highest BCUT2D eigenvalue weighted by Gasteiger charge is 2.77. The molecular formula is C41H62O15. The van der Waals surface area contributed by atoms with Crippen LogP contribution in [0.1, 0.15) is 92.4 Å². The van der Waals surface area contributed by atoms with E-state index in [0.717, 1.165) is 38.5 Å². The minimum Gasteiger partial charge on any atom is -0.429 e. The lowest BCUT2D eigenvalue weighted by atomic mass is 9.37. The first-order valence-corrected chi connectivity index (χ1v) is 20.6. The Hall–Kier alpha value is -1.89. The van der Waals surface area contributed by atoms with Gasteiger partial charge in [0.15, 0.2) is 6.29 Å². The van der Waals surface area contributed by atoms with E-state index in [9.17, 15) is 50.1 Å². The Bertz CT molecular complexity index is 1550. The third kappa shape index (κ3) is 6.29. The molecule has 3 aliphatic heterocycles. The number of Topliss-reactive ketones (excluding diaryl/α,β-unsaturated/α-hetero) is 2. The molecule has 4 saturated carbocycles. The van der Waals surface area contributed by atoms with Gasteiger partial charge >= 0.3 is 5.97 Å². The maximum atomic E-state index is 14.6. The average Bonchev–Trinajstić information content (AvgIpc) is 3.57. The van der Waals surface area contributed by atoms with E-state index in [1.807, 2.05) is 6.92 Å². The Balaban J connectivity index is 0.951. The predicted molar refractivity (Wildman–Crippen MR) is 194 cm³/mol. The minimum atomic E-state index is -1.79. The van der Waals surface area contributed by atoms with Gasteiger partial charge in [0.05, 0.1) is 30.8 Å². The fraction of sp³-hybridized carbons (Fsp3) is 0.878. The van der Waals surface area contributed by atoms with Gasteiger partial charge in [0.25, 0.3) is 0 Å². The molecule has 7 aliphatic rings. The van der Waals surface area contributed by atoms with Crippen LogP contribution in [-0.4, -0.2) is 140 Å². The van der Waals surface area contributed by atoms with Gasteiger partial charge in [0.1, 0.15) is 60.4 Å². The lowest BCUT2D eigenvalue weighted by Crippen LogP contribution is -2.66. The van der Waals surface area contributed by atoms with Crippen molar-refractivity contribution in [3.05, 3.63) is 11.6 Å². The van der Waals surface area contributed by atoms with Gasteiger partial charge in [-0.15, -0.1) is 0 Å². The third-order valence-electron chi connectivity index (χ3n) is 16.3. The van der Waals surface area contributed by atoms with E-state index >= 15 is 0 Å². The zero-order chi connectivity index (χ0) is 40.7. The zero-order valence-corrected chi connectivity index (χ0v) is 33.1. The van der Waals surface area contributed by atoms with Crippen molar-refractivity contribution in [2.75, 3.05) is 19.8 Å². The van der Waals surface area contributed by atoms with Crippen LogP contribution in [-0.2, 0) is 38.1 Å². The van der Waals surface area contributed by atoms with Crippen molar-refractivity contribution in [2.24, 2.45) is 45.8 Å². The van der Waals surface area contributed by atoms with Crippen molar-refractivity contribution in [1.29, 1.82) is 0 Å². The van der Waals surface area contributed by atoms with Gasteiger partial charge in [0, 0.05) is 30.3 Å². The van der Waals surface area contributed by atoms with Crippen LogP contribution < -0.4 is 0 Å². The number of hydrogen-bond acceptors (Lipinski definition) is 15. The number of ketones is 2. The molecule has 7 fully saturated rings. The van der Waals surface area contributed by atoms with Crippen molar-refractivity contribution in [3.8, 4) is 0 Å². The summed E-state index contributed by atoms with van der Waals surface area (Å²) in [4.78, 5) is 40.6. The van der Waals surface area contributed by atoms with Crippen molar-refractivity contribution in [3.63, 3.8) is 0 Å². The van der Waals surface area contributed by atoms with Crippen LogP contribution >= 0.6 is 0 Å². The van der Waals surface area contributed by atoms with Gasteiger partial charge in [-0.05, 0) is 80.5 Å². The molecule has 19 atom stereocenters. The molecule has 1 unspecified atom stereocenters. The number of fused-ring (bicyclic) bond motifs is 2. The zero-order valence-electron chi connectivity index (χ0n) is 33.1. The SMILES string of the molecule is C/C(=C\CC[C@@H](C)[C@H]1CC[C@@]2(C)[C@@H]3CC[C@@]45OCC3(C(=O)C[C@]12C)[C@@H]4CCC(=O)[C@@H]5C)C(=O)O[C@@H]1O[C@H](CO[C@H]2O[C@H](CO)[C@@H](O)[C@H](O)[C@H]2O)[C@@H](O)[C@H](O)[C@H]1O. The summed E-state index contributed by atoms with van der Waals surface area (Å²) in [5, 5.41) is 71.4. The summed E-state index contributed by atoms with van der Waals surface area (Å²) in [5.74, 6) is 0.475. The van der Waals surface area contributed by atoms with E-state index in [4.69, 9.17) is 23.7 Å². The van der Waals surface area contributed by atoms with E-state index < -0.39 is 91.6 Å². The van der Waals surface area contributed by atoms with E-state index in [0.29, 0.717) is 37.6 Å². The molecular weight excluding hydrogens is 732 g/mol. The number of aliphatic hydroxyl groups excluding tert-OH is 7. The maximum absolute atomic E-state index is 14.6. The lowest BCUT2D eigenvalue weighted by Gasteiger charge is -2.64. The molecule has 15 heteroatoms. The Morgan fingerprint density at radius 2 is 1.54 bits per heavy atom. The van der Waals surface area contributed by atoms with Crippen LogP contribution in [0.15, 0.2) is 11.6 Å². The molecule has 0 aromatic rings. The first-order valence-electron chi connectivity index (χ1n) is 20.6. The number of carbonyl (C=O) groups excluding carboxylic acids is 3. The standard InChI is InChI=1S/C41H62O15/c1-19(22-11-13-38(4)26-12-14-41-21(3)23(43)9-10-27(41)40(26,18-53-41)28(44)15-39(22,38)5)7-6-8-20(2)35(51)56-37-34(50)32(48)30(46)25(55-37)17-52-36-33(49)31(47)29(45)24(16-42)54-36/h8,19,21-22,24-27,29-34,36-37,42,45-50H,6-7,9-18H2,1-5H3/b20-8+/t19-,21+,22-,24-,25-,26+,27+,29-,30-,31+,32+,33-,34-,36+,37+,38+,39-,40?,41+/m1/s1. The van der Waals surface area contributed by atoms with E-state index in [2.05, 4.69) is 20.8 Å². The lowest BCUT2D eigenvalue weighted by molar-refractivity contribution is -0.326. The fourth-order valence-electron chi connectivity index (χ4n) is 12.8. The predicted octanol–water partition coefficient (Wildman–Crippen LogP) is 0.692. The van der Waals surface area contributed by atoms with Crippen LogP contribution in [0.2, 0.25) is 0 Å². The van der Waals surface area contributed by atoms with E-state index in [1.165, 1.54) is 0 Å². The molecule has 1 spiro atoms. The molecule has 7 N–H and O–H groups in total. The number of rotatable bonds is 10. The summed E-state index contributed by atoms with van der Waals surface area (Å²) in [6, 6.07) is 0. The molecule has 4 aliphatic carbocycles. The number of esters is 1. The number of hydrogen-bond donors (Lipinski definition) is 7. The Morgan fingerprint density at radius 3 is 2.23 bits per heavy atom. The topological polar surface area (TPSA) is 239 Å². The smallest absolute Gasteiger partial charge is 0.335 e. The molecule has 15 nitrogen and oxygen atoms in total. The molecule has 3 heterocycles. The second kappa shape index (κ2) is 15.3. The van der Waals surface area contributed by atoms with Gasteiger partial charge in [-0.1, -0.05) is 33.8 Å². The quantitative estimate of drug-likeness (QED) is 0.119. The molecule has 7 rings (SSSR count). The van der Waals surface area contributed by atoms with Crippen LogP contribution in [0, 0.1) is 45.8 Å². The summed E-state index contributed by atoms with van der Waals surface area (Å²) in [6.45, 7) is 9.74. The van der Waals surface area contributed by atoms with Gasteiger partial charge in [-0.25, -0.2) is 4.79 Å². The fourth-order valence-corrected chi connectivity index (χ4v) is 12.8. The summed E-state index contributed by atoms with van der Waals surface area (Å²) < 4.78 is 28.4. The summed E-state index contributed by atoms with van der Waals surface area (Å²) in [5.41, 5.74) is -0.999. The molecule has 0 amide bonds. The number of carbonyl (C=O) groups is 3. The van der Waals surface area contributed by atoms with Gasteiger partial charge in [0.2, 0.25) is 6.29 Å². The largest absolute Gasteiger partial charge is 0.429 e. The van der Waals surface area contributed by atoms with Gasteiger partial charge in [-0.2, -0.15) is 0 Å². The highest BCUT2D eigenvalue weighted by atomic mass is 16.7. The first-order chi connectivity index (χ1) is 26.4. The highest BCUT2D eigenvalue weighted by Crippen LogP contribution is 2.76. The molecule has 0 aromatic carbocycles. The van der Waals surface area contributed by atoms with Gasteiger partial charge in [-0.3, -0.25) is 9.59 Å². The second-order valence-corrected chi connectivity index (χ2v) is 18.6. The second-order valence-electron chi connectivity index (χ2n) is 18.6. The van der Waals surface area contributed by atoms with Crippen LogP contribution in [0.25, 0.3) is 0 Å². The van der Waals surface area contributed by atoms with E-state index in [-0.39, 0.29) is 45.9 Å². The molecule has 316 valence electrons. The normalized spacial score (nSPS) is 50.9. The van der Waals surface area contributed by atoms with Crippen LogP contribution in [0.5, 0.6) is 0 Å². The molecule has 0 aromatic heterocycles. The van der Waals surface area contributed by atoms with Crippen molar-refractivity contribution in [1.82, 2.24) is 0 Å². The molecule has 0 radical (unpaired) electrons. The first kappa shape index (κ1) is 42.2. The Kier molecular flexibility index (Phi) is 11.5. The molecule has 56 heavy (non-hydrogen) atoms. The van der Waals surface area contributed by atoms with Crippen LogP contribution in [0.3, 0.4) is 0 Å². The van der Waals surface area contributed by atoms with Gasteiger partial charge < -0.3 is 59.4 Å². The van der Waals surface area contributed by atoms with Crippen molar-refractivity contribution in [2.45, 2.75) is 159 Å². The molecule has 2 bridgehead atoms. The maximum Gasteiger partial charge on any atom is 0.335 e. The molecule has 3 saturated heterocycles. The summed E-state index contributed by atoms with van der Waals surface area (Å²) in [6.07, 6.45) is -7.46. The Morgan fingerprint density at radius 1 is 0.875 bits per heavy atom. The number of ether oxygens (including phenoxy) is 5. The minimum absolute atomic E-state index is 0.0450.